The van der Waals surface area contributed by atoms with Gasteiger partial charge in [-0.25, -0.2) is 75.6 Å². The number of aryl methyl sites for hydroxylation is 6. The number of ether oxygens (including phenoxy) is 4. The number of benzene rings is 4. The van der Waals surface area contributed by atoms with Gasteiger partial charge in [-0.1, -0.05) is 12.1 Å². The van der Waals surface area contributed by atoms with E-state index in [1.807, 2.05) is 94.3 Å². The minimum absolute atomic E-state index is 0.0387. The third-order valence-electron chi connectivity index (χ3n) is 29.8. The zero-order valence-corrected chi connectivity index (χ0v) is 85.6. The van der Waals surface area contributed by atoms with Crippen molar-refractivity contribution in [2.45, 2.75) is 194 Å². The maximum atomic E-state index is 15.7. The molecule has 4 atom stereocenters. The van der Waals surface area contributed by atoms with Crippen LogP contribution in [0.15, 0.2) is 116 Å². The number of halogens is 7. The van der Waals surface area contributed by atoms with E-state index in [2.05, 4.69) is 64.4 Å². The number of carbonyl (C=O) groups is 4. The fourth-order valence-corrected chi connectivity index (χ4v) is 23.9. The maximum Gasteiger partial charge on any atom is 0.266 e. The number of imidazole rings is 4. The molecule has 4 saturated heterocycles. The largest absolute Gasteiger partial charge is 0.381 e. The summed E-state index contributed by atoms with van der Waals surface area (Å²) in [6.45, 7) is 21.9. The number of pyridine rings is 4. The van der Waals surface area contributed by atoms with Gasteiger partial charge in [0.05, 0.1) is 143 Å². The number of fused-ring (bicyclic) bond motifs is 8. The Kier molecular flexibility index (Phi) is 27.1. The predicted molar refractivity (Wildman–Crippen MR) is 543 cm³/mol. The molecule has 39 heteroatoms. The zero-order valence-electron chi connectivity index (χ0n) is 84.0. The number of aromatic nitrogens is 18. The predicted octanol–water partition coefficient (Wildman–Crippen LogP) is 20.7. The van der Waals surface area contributed by atoms with E-state index in [1.54, 1.807) is 84.3 Å². The van der Waals surface area contributed by atoms with Gasteiger partial charge in [0.1, 0.15) is 64.9 Å². The highest BCUT2D eigenvalue weighted by atomic mass is 32.1. The molecule has 4 fully saturated rings. The van der Waals surface area contributed by atoms with Gasteiger partial charge in [0.2, 0.25) is 23.6 Å². The quantitative estimate of drug-likeness (QED) is 0.0913. The van der Waals surface area contributed by atoms with Gasteiger partial charge in [-0.2, -0.15) is 10.2 Å². The lowest BCUT2D eigenvalue weighted by Gasteiger charge is -2.33. The lowest BCUT2D eigenvalue weighted by atomic mass is 9.96. The second kappa shape index (κ2) is 40.1. The number of rotatable bonds is 14. The van der Waals surface area contributed by atoms with Crippen LogP contribution >= 0.6 is 22.7 Å². The molecule has 30 nitrogen and oxygen atoms in total. The average Bonchev–Trinajstić information content (AvgIpc) is 1.58. The molecular formula is C108H111F7N22O8S2. The van der Waals surface area contributed by atoms with Gasteiger partial charge < -0.3 is 56.8 Å². The number of carbonyl (C=O) groups excluding carboxylic acids is 4. The van der Waals surface area contributed by atoms with E-state index in [0.717, 1.165) is 153 Å². The first-order chi connectivity index (χ1) is 70.7. The Bertz CT molecular complexity index is 7660. The van der Waals surface area contributed by atoms with Crippen LogP contribution in [0.4, 0.5) is 30.7 Å². The molecule has 16 aromatic rings. The Hall–Kier alpha value is -13.7. The van der Waals surface area contributed by atoms with Crippen LogP contribution in [-0.4, -0.2) is 212 Å². The fraction of sp³-hybridized carbons (Fsp3) is 0.407. The minimum atomic E-state index is -2.84. The molecule has 12 aromatic heterocycles. The molecule has 0 N–H and O–H groups in total. The summed E-state index contributed by atoms with van der Waals surface area (Å²) in [5.41, 5.74) is 13.8. The number of thiazole rings is 2. The van der Waals surface area contributed by atoms with Crippen LogP contribution in [0.2, 0.25) is 0 Å². The molecule has 762 valence electrons. The molecule has 8 aliphatic heterocycles. The molecule has 24 rings (SSSR count). The van der Waals surface area contributed by atoms with E-state index >= 15 is 13.2 Å². The molecule has 4 amide bonds. The van der Waals surface area contributed by atoms with Crippen molar-refractivity contribution in [1.29, 1.82) is 0 Å². The van der Waals surface area contributed by atoms with Gasteiger partial charge in [-0.05, 0) is 184 Å². The van der Waals surface area contributed by atoms with Crippen LogP contribution in [0.25, 0.3) is 132 Å². The van der Waals surface area contributed by atoms with Gasteiger partial charge in [0.15, 0.2) is 0 Å². The molecule has 0 aliphatic carbocycles. The molecule has 20 heterocycles. The van der Waals surface area contributed by atoms with Crippen LogP contribution in [-0.2, 0) is 78.4 Å². The first kappa shape index (κ1) is 99.3. The average molecular weight is 2040 g/mol. The van der Waals surface area contributed by atoms with Crippen molar-refractivity contribution < 1.29 is 68.9 Å². The third kappa shape index (κ3) is 18.2. The van der Waals surface area contributed by atoms with Gasteiger partial charge in [-0.3, -0.25) is 33.5 Å². The lowest BCUT2D eigenvalue weighted by molar-refractivity contribution is -0.136. The van der Waals surface area contributed by atoms with Gasteiger partial charge in [-0.15, -0.1) is 22.7 Å². The lowest BCUT2D eigenvalue weighted by Crippen LogP contribution is -2.40. The van der Waals surface area contributed by atoms with E-state index in [9.17, 15) is 36.7 Å². The smallest absolute Gasteiger partial charge is 0.266 e. The van der Waals surface area contributed by atoms with E-state index in [4.69, 9.17) is 48.9 Å². The summed E-state index contributed by atoms with van der Waals surface area (Å²) < 4.78 is 138. The summed E-state index contributed by atoms with van der Waals surface area (Å²) in [6.07, 6.45) is 13.0. The topological polar surface area (TPSA) is 302 Å². The van der Waals surface area contributed by atoms with Crippen molar-refractivity contribution in [2.75, 3.05) is 81.0 Å². The van der Waals surface area contributed by atoms with Crippen molar-refractivity contribution in [1.82, 2.24) is 107 Å². The molecular weight excluding hydrogens is 1930 g/mol. The van der Waals surface area contributed by atoms with Gasteiger partial charge >= 0.3 is 0 Å². The molecule has 0 bridgehead atoms. The Morgan fingerprint density at radius 1 is 0.347 bits per heavy atom. The maximum absolute atomic E-state index is 15.7. The molecule has 0 saturated carbocycles. The van der Waals surface area contributed by atoms with Crippen LogP contribution < -0.4 is 0 Å². The van der Waals surface area contributed by atoms with Gasteiger partial charge in [0, 0.05) is 216 Å². The number of hydrogen-bond donors (Lipinski definition) is 0. The molecule has 0 radical (unpaired) electrons. The minimum Gasteiger partial charge on any atom is -0.381 e. The van der Waals surface area contributed by atoms with E-state index in [1.165, 1.54) is 70.9 Å². The van der Waals surface area contributed by atoms with Crippen molar-refractivity contribution in [2.24, 2.45) is 14.1 Å². The normalized spacial score (nSPS) is 18.7. The molecule has 4 unspecified atom stereocenters. The first-order valence-electron chi connectivity index (χ1n) is 49.7. The van der Waals surface area contributed by atoms with Crippen LogP contribution in [0.5, 0.6) is 0 Å². The monoisotopic (exact) mass is 2040 g/mol. The number of likely N-dealkylation sites (N-methyl/N-ethyl adjacent to an activating group) is 4. The van der Waals surface area contributed by atoms with E-state index in [0.29, 0.717) is 137 Å². The summed E-state index contributed by atoms with van der Waals surface area (Å²) in [5.74, 6) is 2.40. The van der Waals surface area contributed by atoms with Crippen LogP contribution in [0.1, 0.15) is 218 Å². The highest BCUT2D eigenvalue weighted by Gasteiger charge is 2.44. The molecule has 8 aliphatic rings. The molecule has 0 spiro atoms. The number of hydrogen-bond acceptors (Lipinski definition) is 22. The van der Waals surface area contributed by atoms with Crippen LogP contribution in [0.3, 0.4) is 0 Å². The second-order valence-electron chi connectivity index (χ2n) is 39.5. The highest BCUT2D eigenvalue weighted by Crippen LogP contribution is 2.50. The van der Waals surface area contributed by atoms with Gasteiger partial charge in [0.25, 0.3) is 12.9 Å². The third-order valence-corrected chi connectivity index (χ3v) is 31.7. The van der Waals surface area contributed by atoms with Crippen LogP contribution in [0, 0.1) is 45.1 Å². The summed E-state index contributed by atoms with van der Waals surface area (Å²) in [5, 5.41) is 13.6. The summed E-state index contributed by atoms with van der Waals surface area (Å²) >= 11 is 2.93. The summed E-state index contributed by atoms with van der Waals surface area (Å²) in [4.78, 5) is 108. The summed E-state index contributed by atoms with van der Waals surface area (Å²) in [7, 11) is 10.6. The Morgan fingerprint density at radius 2 is 0.680 bits per heavy atom. The SMILES string of the molecule is CC1C(=O)N(C)Cc2c(-c3c(F)ccc4nc(-c5cnn(C)c5)c(C(F)F)cc34)nc(C3CCOCC3)n21.Cc1cc2c(-c3nc(C4CCOCC4)n4c3CN(C)C(=O)C4C)c(F)ccc2nc1-c1cnn(C)c1.Cc1ncc(-c2cc3ccc(C)c(-c4nc(C5CCOCC5)n5c4CN(C)C(=O)C5C)c3cn2)s1.Cc1ncc(-c2nc3ccc(F)c(-c4nc(C5CCOCC5)n5c4CN(C)C(=O)C5C)c3cc2C(F)F)s1. The Balaban J connectivity index is 0.000000115. The number of amides is 4. The second-order valence-corrected chi connectivity index (χ2v) is 42.0. The number of alkyl halides is 4. The highest BCUT2D eigenvalue weighted by molar-refractivity contribution is 7.15. The van der Waals surface area contributed by atoms with E-state index < -0.39 is 42.6 Å². The van der Waals surface area contributed by atoms with E-state index in [-0.39, 0.29) is 111 Å². The van der Waals surface area contributed by atoms with Crippen molar-refractivity contribution in [3.8, 4) is 88.7 Å². The molecule has 147 heavy (non-hydrogen) atoms. The van der Waals surface area contributed by atoms with Crippen molar-refractivity contribution in [3.05, 3.63) is 212 Å². The van der Waals surface area contributed by atoms with Crippen molar-refractivity contribution in [3.63, 3.8) is 0 Å². The number of nitrogens with zero attached hydrogens (tertiary/aromatic N) is 22. The fourth-order valence-electron chi connectivity index (χ4n) is 22.4. The first-order valence-corrected chi connectivity index (χ1v) is 51.3. The van der Waals surface area contributed by atoms with Crippen molar-refractivity contribution >= 4 is 89.8 Å². The zero-order chi connectivity index (χ0) is 103. The Morgan fingerprint density at radius 3 is 1.03 bits per heavy atom. The molecule has 4 aromatic carbocycles. The summed E-state index contributed by atoms with van der Waals surface area (Å²) in [6, 6.07) is 18.2. The standard InChI is InChI=1S/C27H27F3N6O2.C27H26F3N5O2S.C27H29FN6O2.C27H29N5O2S/c1-14-27(37)34(2)13-21-24(33-26(36(14)21)15-6-8-38-9-7-15)22-17-10-18(25(29)30)23(16-11-31-35(3)12-16)32-20(17)5-4-19(22)28;1-13-27(36)34(3)12-20-24(33-26(35(13)20)15-6-8-37-9-7-15)22-16-10-17(25(29)30)23(21-11-31-14(2)38-21)32-19(16)5-4-18(22)28;1-15-11-19-21(30-24(15)18-12-29-33(4)13-18)6-5-20(28)23(19)25-22-14-32(3)27(35)16(2)34(22)26(31-25)17-7-9-36-10-8-17;1-15-5-6-19-11-21(23-13-28-17(3)35-23)29-12-20(19)24(15)25-22-14-31(4)27(33)16(2)32(22)26(30-25)18-7-9-34-10-8-18/h4-5,10-12,14-15,25H,6-9,13H2,1-3H3;4-5,10-11,13,15,25H,6-9,12H2,1-3H3;5-6,11-13,16-17H,7-10,14H2,1-4H3;5-6,11-13,16,18H,7-10,14H2,1-4H3. The Labute approximate surface area is 850 Å².